The van der Waals surface area contributed by atoms with Crippen molar-refractivity contribution in [1.29, 1.82) is 0 Å². The first-order valence-corrected chi connectivity index (χ1v) is 10.3. The monoisotopic (exact) mass is 376 g/mol. The molecule has 27 heavy (non-hydrogen) atoms. The lowest BCUT2D eigenvalue weighted by Crippen LogP contribution is -2.40. The molecule has 1 aliphatic rings. The van der Waals surface area contributed by atoms with Crippen molar-refractivity contribution in [3.05, 3.63) is 65.2 Å². The summed E-state index contributed by atoms with van der Waals surface area (Å²) in [5, 5.41) is 1.91. The first kappa shape index (κ1) is 18.1. The predicted octanol–water partition coefficient (Wildman–Crippen LogP) is 5.31. The second-order valence-corrected chi connectivity index (χ2v) is 8.76. The van der Waals surface area contributed by atoms with E-state index in [1.54, 1.807) is 11.8 Å². The summed E-state index contributed by atoms with van der Waals surface area (Å²) in [5.74, 6) is 0.154. The number of thioether (sulfide) groups is 1. The Morgan fingerprint density at radius 3 is 2.74 bits per heavy atom. The van der Waals surface area contributed by atoms with Crippen LogP contribution in [0.25, 0.3) is 10.9 Å². The summed E-state index contributed by atoms with van der Waals surface area (Å²) < 4.78 is 0. The molecule has 0 spiro atoms. The van der Waals surface area contributed by atoms with Crippen LogP contribution in [0.1, 0.15) is 30.5 Å². The number of carbonyl (C=O) groups is 1. The van der Waals surface area contributed by atoms with E-state index >= 15 is 0 Å². The minimum Gasteiger partial charge on any atom is -0.308 e. The molecular formula is C23H24N2OS. The van der Waals surface area contributed by atoms with Gasteiger partial charge in [0.25, 0.3) is 0 Å². The fourth-order valence-corrected chi connectivity index (χ4v) is 4.89. The molecule has 0 unspecified atom stereocenters. The Kier molecular flexibility index (Phi) is 4.68. The van der Waals surface area contributed by atoms with E-state index in [-0.39, 0.29) is 17.2 Å². The maximum Gasteiger partial charge on any atom is 0.240 e. The zero-order chi connectivity index (χ0) is 19.1. The molecule has 0 N–H and O–H groups in total. The van der Waals surface area contributed by atoms with Gasteiger partial charge in [-0.15, -0.1) is 0 Å². The van der Waals surface area contributed by atoms with Crippen LogP contribution in [0, 0.1) is 13.8 Å². The number of aromatic nitrogens is 1. The molecule has 2 aromatic carbocycles. The van der Waals surface area contributed by atoms with Crippen molar-refractivity contribution in [2.75, 3.05) is 4.90 Å². The zero-order valence-corrected chi connectivity index (χ0v) is 17.0. The summed E-state index contributed by atoms with van der Waals surface area (Å²) in [6.45, 7) is 8.30. The van der Waals surface area contributed by atoms with E-state index in [0.717, 1.165) is 22.7 Å². The number of nitrogens with zero attached hydrogens (tertiary/aromatic N) is 2. The molecule has 0 radical (unpaired) electrons. The second-order valence-electron chi connectivity index (χ2n) is 7.40. The van der Waals surface area contributed by atoms with E-state index in [1.165, 1.54) is 22.1 Å². The maximum atomic E-state index is 13.2. The summed E-state index contributed by atoms with van der Waals surface area (Å²) in [5.41, 5.74) is 5.70. The number of pyridine rings is 1. The molecule has 4 rings (SSSR count). The molecule has 3 aromatic rings. The van der Waals surface area contributed by atoms with E-state index in [0.29, 0.717) is 0 Å². The maximum absolute atomic E-state index is 13.2. The molecule has 0 saturated heterocycles. The molecule has 3 nitrogen and oxygen atoms in total. The molecule has 0 bridgehead atoms. The van der Waals surface area contributed by atoms with Crippen molar-refractivity contribution in [1.82, 2.24) is 4.98 Å². The van der Waals surface area contributed by atoms with Gasteiger partial charge in [-0.2, -0.15) is 0 Å². The quantitative estimate of drug-likeness (QED) is 0.581. The van der Waals surface area contributed by atoms with Gasteiger partial charge in [0.15, 0.2) is 0 Å². The van der Waals surface area contributed by atoms with E-state index in [9.17, 15) is 4.79 Å². The Morgan fingerprint density at radius 1 is 1.15 bits per heavy atom. The summed E-state index contributed by atoms with van der Waals surface area (Å²) in [7, 11) is 0. The van der Waals surface area contributed by atoms with Crippen LogP contribution in [0.4, 0.5) is 5.69 Å². The van der Waals surface area contributed by atoms with Crippen LogP contribution in [-0.2, 0) is 11.2 Å². The molecule has 0 fully saturated rings. The van der Waals surface area contributed by atoms with Crippen LogP contribution >= 0.6 is 11.8 Å². The first-order valence-electron chi connectivity index (χ1n) is 9.40. The minimum atomic E-state index is -0.188. The minimum absolute atomic E-state index is 0.154. The summed E-state index contributed by atoms with van der Waals surface area (Å²) in [6, 6.07) is 16.8. The van der Waals surface area contributed by atoms with Crippen molar-refractivity contribution in [3.63, 3.8) is 0 Å². The molecule has 4 heteroatoms. The normalized spacial score (nSPS) is 17.2. The smallest absolute Gasteiger partial charge is 0.240 e. The Bertz CT molecular complexity index is 1030. The molecular weight excluding hydrogens is 352 g/mol. The lowest BCUT2D eigenvalue weighted by Gasteiger charge is -2.25. The molecule has 2 atom stereocenters. The Morgan fingerprint density at radius 2 is 1.93 bits per heavy atom. The van der Waals surface area contributed by atoms with E-state index in [2.05, 4.69) is 57.2 Å². The van der Waals surface area contributed by atoms with Gasteiger partial charge in [0.2, 0.25) is 5.91 Å². The van der Waals surface area contributed by atoms with Crippen LogP contribution < -0.4 is 4.90 Å². The van der Waals surface area contributed by atoms with E-state index < -0.39 is 0 Å². The highest BCUT2D eigenvalue weighted by Crippen LogP contribution is 2.35. The number of aryl methyl sites for hydroxylation is 2. The highest BCUT2D eigenvalue weighted by Gasteiger charge is 2.33. The standard InChI is InChI=1S/C23H24N2OS/c1-14-8-7-10-19-15(2)12-21(24-22(14)19)27-17(4)23(26)25-16(3)13-18-9-5-6-11-20(18)25/h5-12,16-17H,13H2,1-4H3/t16-,17-/m0/s1. The Labute approximate surface area is 164 Å². The van der Waals surface area contributed by atoms with Gasteiger partial charge in [-0.25, -0.2) is 4.98 Å². The molecule has 1 amide bonds. The number of hydrogen-bond donors (Lipinski definition) is 0. The summed E-state index contributed by atoms with van der Waals surface area (Å²) in [4.78, 5) is 20.0. The second kappa shape index (κ2) is 7.01. The number of hydrogen-bond acceptors (Lipinski definition) is 3. The number of carbonyl (C=O) groups excluding carboxylic acids is 1. The van der Waals surface area contributed by atoms with Crippen molar-refractivity contribution in [3.8, 4) is 0 Å². The molecule has 138 valence electrons. The van der Waals surface area contributed by atoms with Crippen LogP contribution in [0.3, 0.4) is 0 Å². The molecule has 0 aliphatic carbocycles. The summed E-state index contributed by atoms with van der Waals surface area (Å²) in [6.07, 6.45) is 0.922. The van der Waals surface area contributed by atoms with Crippen LogP contribution in [-0.4, -0.2) is 22.2 Å². The van der Waals surface area contributed by atoms with Crippen molar-refractivity contribution in [2.24, 2.45) is 0 Å². The number of fused-ring (bicyclic) bond motifs is 2. The third-order valence-electron chi connectivity index (χ3n) is 5.31. The van der Waals surface area contributed by atoms with Gasteiger partial charge in [0.1, 0.15) is 0 Å². The van der Waals surface area contributed by atoms with Gasteiger partial charge in [-0.05, 0) is 62.9 Å². The Balaban J connectivity index is 1.61. The molecule has 0 saturated carbocycles. The number of benzene rings is 2. The lowest BCUT2D eigenvalue weighted by molar-refractivity contribution is -0.118. The third kappa shape index (κ3) is 3.23. The highest BCUT2D eigenvalue weighted by molar-refractivity contribution is 8.00. The SMILES string of the molecule is Cc1cc(S[C@@H](C)C(=O)N2c3ccccc3C[C@@H]2C)nc2c(C)cccc12. The summed E-state index contributed by atoms with van der Waals surface area (Å²) >= 11 is 1.55. The van der Waals surface area contributed by atoms with Gasteiger partial charge >= 0.3 is 0 Å². The fraction of sp³-hybridized carbons (Fsp3) is 0.304. The number of anilines is 1. The van der Waals surface area contributed by atoms with E-state index in [1.807, 2.05) is 24.0 Å². The number of amides is 1. The highest BCUT2D eigenvalue weighted by atomic mass is 32.2. The third-order valence-corrected chi connectivity index (χ3v) is 6.32. The van der Waals surface area contributed by atoms with Crippen LogP contribution in [0.15, 0.2) is 53.6 Å². The average Bonchev–Trinajstić information content (AvgIpc) is 2.97. The zero-order valence-electron chi connectivity index (χ0n) is 16.2. The lowest BCUT2D eigenvalue weighted by atomic mass is 10.1. The van der Waals surface area contributed by atoms with Gasteiger partial charge < -0.3 is 4.90 Å². The molecule has 2 heterocycles. The van der Waals surface area contributed by atoms with Crippen molar-refractivity contribution >= 4 is 34.3 Å². The molecule has 1 aliphatic heterocycles. The number of para-hydroxylation sites is 2. The van der Waals surface area contributed by atoms with Crippen molar-refractivity contribution < 1.29 is 4.79 Å². The van der Waals surface area contributed by atoms with Gasteiger partial charge in [-0.1, -0.05) is 48.2 Å². The van der Waals surface area contributed by atoms with Crippen molar-refractivity contribution in [2.45, 2.75) is 50.4 Å². The number of rotatable bonds is 3. The van der Waals surface area contributed by atoms with E-state index in [4.69, 9.17) is 4.98 Å². The Hall–Kier alpha value is -2.33. The average molecular weight is 377 g/mol. The molecule has 1 aromatic heterocycles. The topological polar surface area (TPSA) is 33.2 Å². The van der Waals surface area contributed by atoms with Gasteiger partial charge in [-0.3, -0.25) is 4.79 Å². The first-order chi connectivity index (χ1) is 13.0. The van der Waals surface area contributed by atoms with Gasteiger partial charge in [0, 0.05) is 17.1 Å². The van der Waals surface area contributed by atoms with Crippen LogP contribution in [0.2, 0.25) is 0 Å². The van der Waals surface area contributed by atoms with Gasteiger partial charge in [0.05, 0.1) is 15.8 Å². The predicted molar refractivity (Wildman–Crippen MR) is 114 cm³/mol. The largest absolute Gasteiger partial charge is 0.308 e. The fourth-order valence-electron chi connectivity index (χ4n) is 3.92. The van der Waals surface area contributed by atoms with Crippen LogP contribution in [0.5, 0.6) is 0 Å².